The van der Waals surface area contributed by atoms with Crippen molar-refractivity contribution in [2.75, 3.05) is 0 Å². The second-order valence-electron chi connectivity index (χ2n) is 7.14. The van der Waals surface area contributed by atoms with Crippen molar-refractivity contribution in [3.8, 4) is 0 Å². The Balaban J connectivity index is 2.11. The van der Waals surface area contributed by atoms with Crippen molar-refractivity contribution < 1.29 is 13.6 Å². The van der Waals surface area contributed by atoms with Crippen LogP contribution in [0, 0.1) is 19.7 Å². The number of benzene rings is 1. The number of aryl methyl sites for hydroxylation is 2. The van der Waals surface area contributed by atoms with Gasteiger partial charge in [0, 0.05) is 17.2 Å². The first-order chi connectivity index (χ1) is 14.8. The molecule has 0 fully saturated rings. The Morgan fingerprint density at radius 3 is 2.58 bits per heavy atom. The molecule has 3 rings (SSSR count). The smallest absolute Gasteiger partial charge is 0.167 e. The molecule has 160 valence electrons. The Hall–Kier alpha value is -3.75. The zero-order chi connectivity index (χ0) is 22.7. The fourth-order valence-corrected chi connectivity index (χ4v) is 3.35. The number of halogens is 2. The standard InChI is InChI=1S/C22H22F2N6O/c1-12(2)30-14(4)29-22-17(23)7-16(8-19(22)30)21(27-11-25)18(24)9-26-20-6-5-15(10-31)13(3)28-20/h5-12H,1-4H3,(H2,25,27)/b21-18+,26-9?. The summed E-state index contributed by atoms with van der Waals surface area (Å²) in [7, 11) is 0. The fourth-order valence-electron chi connectivity index (χ4n) is 3.35. The normalized spacial score (nSPS) is 13.0. The van der Waals surface area contributed by atoms with E-state index in [0.29, 0.717) is 28.9 Å². The molecule has 0 spiro atoms. The van der Waals surface area contributed by atoms with Crippen LogP contribution in [0.2, 0.25) is 0 Å². The lowest BCUT2D eigenvalue weighted by Gasteiger charge is -2.12. The SMILES string of the molecule is Cc1nc(N=C/C(F)=C(\N=CN)c2cc(F)c3nc(C)n(C(C)C)c3c2)ccc1C=O. The number of imidazole rings is 1. The molecule has 2 aromatic heterocycles. The molecule has 0 saturated heterocycles. The zero-order valence-corrected chi connectivity index (χ0v) is 17.6. The lowest BCUT2D eigenvalue weighted by molar-refractivity contribution is 0.112. The molecule has 0 aliphatic rings. The number of rotatable bonds is 6. The molecular formula is C22H22F2N6O. The first-order valence-corrected chi connectivity index (χ1v) is 9.56. The highest BCUT2D eigenvalue weighted by Gasteiger charge is 2.17. The summed E-state index contributed by atoms with van der Waals surface area (Å²) in [5.41, 5.74) is 7.04. The summed E-state index contributed by atoms with van der Waals surface area (Å²) in [5.74, 6) is -0.557. The number of aromatic nitrogens is 3. The average Bonchev–Trinajstić information content (AvgIpc) is 3.07. The predicted molar refractivity (Wildman–Crippen MR) is 118 cm³/mol. The van der Waals surface area contributed by atoms with Crippen molar-refractivity contribution in [2.45, 2.75) is 33.7 Å². The molecule has 0 unspecified atom stereocenters. The van der Waals surface area contributed by atoms with Crippen LogP contribution in [-0.4, -0.2) is 33.4 Å². The molecule has 1 aromatic carbocycles. The van der Waals surface area contributed by atoms with E-state index >= 15 is 4.39 Å². The molecule has 2 heterocycles. The van der Waals surface area contributed by atoms with Crippen LogP contribution in [0.5, 0.6) is 0 Å². The van der Waals surface area contributed by atoms with Gasteiger partial charge < -0.3 is 10.3 Å². The summed E-state index contributed by atoms with van der Waals surface area (Å²) in [6.45, 7) is 7.33. The monoisotopic (exact) mass is 424 g/mol. The van der Waals surface area contributed by atoms with E-state index in [1.807, 2.05) is 18.4 Å². The highest BCUT2D eigenvalue weighted by Crippen LogP contribution is 2.29. The summed E-state index contributed by atoms with van der Waals surface area (Å²) in [6.07, 6.45) is 2.54. The zero-order valence-electron chi connectivity index (χ0n) is 17.6. The van der Waals surface area contributed by atoms with Gasteiger partial charge in [-0.1, -0.05) is 0 Å². The number of aldehydes is 1. The molecule has 0 saturated carbocycles. The van der Waals surface area contributed by atoms with Crippen molar-refractivity contribution in [1.82, 2.24) is 14.5 Å². The van der Waals surface area contributed by atoms with Gasteiger partial charge in [-0.05, 0) is 52.0 Å². The van der Waals surface area contributed by atoms with E-state index in [-0.39, 0.29) is 28.6 Å². The van der Waals surface area contributed by atoms with Crippen LogP contribution >= 0.6 is 0 Å². The van der Waals surface area contributed by atoms with Crippen LogP contribution in [0.3, 0.4) is 0 Å². The van der Waals surface area contributed by atoms with Crippen LogP contribution in [0.15, 0.2) is 40.1 Å². The van der Waals surface area contributed by atoms with Gasteiger partial charge in [-0.25, -0.2) is 28.7 Å². The van der Waals surface area contributed by atoms with E-state index < -0.39 is 11.6 Å². The summed E-state index contributed by atoms with van der Waals surface area (Å²) in [6, 6.07) is 5.84. The molecule has 3 aromatic rings. The maximum absolute atomic E-state index is 15.0. The number of aliphatic imine (C=N–C) groups is 2. The minimum atomic E-state index is -0.827. The number of carbonyl (C=O) groups is 1. The van der Waals surface area contributed by atoms with Gasteiger partial charge in [0.1, 0.15) is 17.0 Å². The molecule has 0 bridgehead atoms. The Kier molecular flexibility index (Phi) is 6.33. The maximum Gasteiger partial charge on any atom is 0.167 e. The molecule has 31 heavy (non-hydrogen) atoms. The fraction of sp³-hybridized carbons (Fsp3) is 0.227. The number of hydrogen-bond donors (Lipinski definition) is 1. The van der Waals surface area contributed by atoms with Crippen LogP contribution in [0.4, 0.5) is 14.6 Å². The van der Waals surface area contributed by atoms with Crippen molar-refractivity contribution in [1.29, 1.82) is 0 Å². The van der Waals surface area contributed by atoms with Gasteiger partial charge in [0.05, 0.1) is 23.8 Å². The highest BCUT2D eigenvalue weighted by atomic mass is 19.1. The van der Waals surface area contributed by atoms with Gasteiger partial charge >= 0.3 is 0 Å². The Morgan fingerprint density at radius 1 is 1.23 bits per heavy atom. The first-order valence-electron chi connectivity index (χ1n) is 9.56. The van der Waals surface area contributed by atoms with Crippen molar-refractivity contribution in [3.63, 3.8) is 0 Å². The van der Waals surface area contributed by atoms with Crippen LogP contribution in [0.25, 0.3) is 16.7 Å². The number of pyridine rings is 1. The van der Waals surface area contributed by atoms with Gasteiger partial charge in [-0.15, -0.1) is 0 Å². The lowest BCUT2D eigenvalue weighted by atomic mass is 10.1. The largest absolute Gasteiger partial charge is 0.390 e. The number of nitrogens with two attached hydrogens (primary N) is 1. The molecule has 0 radical (unpaired) electrons. The molecule has 7 nitrogen and oxygen atoms in total. The maximum atomic E-state index is 15.0. The highest BCUT2D eigenvalue weighted by molar-refractivity contribution is 5.93. The van der Waals surface area contributed by atoms with E-state index in [0.717, 1.165) is 18.6 Å². The van der Waals surface area contributed by atoms with Gasteiger partial charge in [-0.2, -0.15) is 0 Å². The van der Waals surface area contributed by atoms with Gasteiger partial charge in [0.2, 0.25) is 0 Å². The third-order valence-electron chi connectivity index (χ3n) is 4.69. The third kappa shape index (κ3) is 4.40. The number of nitrogens with zero attached hydrogens (tertiary/aromatic N) is 5. The van der Waals surface area contributed by atoms with E-state index in [9.17, 15) is 9.18 Å². The van der Waals surface area contributed by atoms with Crippen LogP contribution in [0.1, 0.15) is 47.3 Å². The predicted octanol–water partition coefficient (Wildman–Crippen LogP) is 4.61. The minimum absolute atomic E-state index is 0.0279. The minimum Gasteiger partial charge on any atom is -0.390 e. The van der Waals surface area contributed by atoms with Crippen molar-refractivity contribution in [3.05, 3.63) is 58.6 Å². The van der Waals surface area contributed by atoms with Gasteiger partial charge in [-0.3, -0.25) is 4.79 Å². The average molecular weight is 424 g/mol. The van der Waals surface area contributed by atoms with Crippen LogP contribution in [-0.2, 0) is 0 Å². The summed E-state index contributed by atoms with van der Waals surface area (Å²) >= 11 is 0. The van der Waals surface area contributed by atoms with Crippen molar-refractivity contribution >= 4 is 41.4 Å². The number of carbonyl (C=O) groups excluding carboxylic acids is 1. The molecule has 0 atom stereocenters. The molecule has 2 N–H and O–H groups in total. The second kappa shape index (κ2) is 8.95. The molecule has 0 aliphatic carbocycles. The number of fused-ring (bicyclic) bond motifs is 1. The third-order valence-corrected chi connectivity index (χ3v) is 4.69. The van der Waals surface area contributed by atoms with Crippen LogP contribution < -0.4 is 5.73 Å². The summed E-state index contributed by atoms with van der Waals surface area (Å²) in [4.78, 5) is 27.2. The number of hydrogen-bond acceptors (Lipinski definition) is 5. The van der Waals surface area contributed by atoms with Crippen molar-refractivity contribution in [2.24, 2.45) is 15.7 Å². The molecule has 0 amide bonds. The molecule has 9 heteroatoms. The molecule has 0 aliphatic heterocycles. The van der Waals surface area contributed by atoms with E-state index in [1.54, 1.807) is 26.0 Å². The van der Waals surface area contributed by atoms with E-state index in [4.69, 9.17) is 5.73 Å². The topological polar surface area (TPSA) is 98.5 Å². The molecular weight excluding hydrogens is 402 g/mol. The first kappa shape index (κ1) is 21.9. The Morgan fingerprint density at radius 2 is 1.97 bits per heavy atom. The summed E-state index contributed by atoms with van der Waals surface area (Å²) in [5, 5.41) is 0. The van der Waals surface area contributed by atoms with Gasteiger partial charge in [0.25, 0.3) is 0 Å². The summed E-state index contributed by atoms with van der Waals surface area (Å²) < 4.78 is 31.6. The van der Waals surface area contributed by atoms with E-state index in [2.05, 4.69) is 20.0 Å². The van der Waals surface area contributed by atoms with E-state index in [1.165, 1.54) is 6.07 Å². The lowest BCUT2D eigenvalue weighted by Crippen LogP contribution is -2.03. The number of allylic oxidation sites excluding steroid dienone is 1. The quantitative estimate of drug-likeness (QED) is 0.355. The Labute approximate surface area is 178 Å². The Bertz CT molecular complexity index is 1240. The van der Waals surface area contributed by atoms with Gasteiger partial charge in [0.15, 0.2) is 23.7 Å². The second-order valence-corrected chi connectivity index (χ2v) is 7.14.